The number of nitrogens with zero attached hydrogens (tertiary/aromatic N) is 2. The van der Waals surface area contributed by atoms with Gasteiger partial charge in [0.25, 0.3) is 0 Å². The van der Waals surface area contributed by atoms with Crippen LogP contribution < -0.4 is 0 Å². The van der Waals surface area contributed by atoms with Crippen molar-refractivity contribution < 1.29 is 4.79 Å². The second kappa shape index (κ2) is 6.95. The molecule has 1 aliphatic rings. The van der Waals surface area contributed by atoms with Gasteiger partial charge in [0, 0.05) is 36.8 Å². The Hall–Kier alpha value is -0.830. The van der Waals surface area contributed by atoms with Gasteiger partial charge in [-0.1, -0.05) is 34.3 Å². The van der Waals surface area contributed by atoms with Crippen LogP contribution in [0.2, 0.25) is 0 Å². The van der Waals surface area contributed by atoms with Crippen LogP contribution in [0.3, 0.4) is 0 Å². The highest BCUT2D eigenvalue weighted by atomic mass is 16.1. The van der Waals surface area contributed by atoms with Crippen LogP contribution in [0.4, 0.5) is 0 Å². The summed E-state index contributed by atoms with van der Waals surface area (Å²) >= 11 is 0. The predicted octanol–water partition coefficient (Wildman–Crippen LogP) is 3.56. The lowest BCUT2D eigenvalue weighted by molar-refractivity contribution is -0.132. The van der Waals surface area contributed by atoms with E-state index in [-0.39, 0.29) is 17.5 Å². The number of Topliss-reactive ketones (excluding diaryl/α,β-unsaturated/α-hetero) is 1. The normalized spacial score (nSPS) is 21.2. The highest BCUT2D eigenvalue weighted by molar-refractivity contribution is 5.86. The predicted molar refractivity (Wildman–Crippen MR) is 90.3 cm³/mol. The molecule has 0 aliphatic carbocycles. The molecule has 0 aromatic carbocycles. The van der Waals surface area contributed by atoms with E-state index in [1.165, 1.54) is 5.70 Å². The van der Waals surface area contributed by atoms with Crippen LogP contribution in [0.15, 0.2) is 12.3 Å². The average Bonchev–Trinajstić information content (AvgIpc) is 2.35. The third kappa shape index (κ3) is 4.84. The topological polar surface area (TPSA) is 23.6 Å². The van der Waals surface area contributed by atoms with Gasteiger partial charge in [-0.05, 0) is 33.1 Å². The third-order valence-electron chi connectivity index (χ3n) is 4.23. The summed E-state index contributed by atoms with van der Waals surface area (Å²) in [5.41, 5.74) is 1.21. The summed E-state index contributed by atoms with van der Waals surface area (Å²) in [6.07, 6.45) is 1.01. The molecule has 0 radical (unpaired) electrons. The Morgan fingerprint density at radius 1 is 1.19 bits per heavy atom. The largest absolute Gasteiger partial charge is 0.372 e. The number of ketones is 1. The van der Waals surface area contributed by atoms with Gasteiger partial charge in [0.2, 0.25) is 0 Å². The van der Waals surface area contributed by atoms with Gasteiger partial charge < -0.3 is 4.90 Å². The Labute approximate surface area is 131 Å². The molecule has 0 N–H and O–H groups in total. The lowest BCUT2D eigenvalue weighted by Gasteiger charge is -2.48. The molecule has 0 saturated carbocycles. The van der Waals surface area contributed by atoms with Crippen LogP contribution in [0.5, 0.6) is 0 Å². The Morgan fingerprint density at radius 2 is 1.76 bits per heavy atom. The van der Waals surface area contributed by atoms with Crippen molar-refractivity contribution >= 4 is 5.78 Å². The Morgan fingerprint density at radius 3 is 2.19 bits per heavy atom. The average molecular weight is 294 g/mol. The van der Waals surface area contributed by atoms with Gasteiger partial charge >= 0.3 is 0 Å². The van der Waals surface area contributed by atoms with E-state index in [1.807, 2.05) is 13.8 Å². The standard InChI is InChI=1S/C18H34N2O/c1-13(2)11-15(5)19-9-10-20(18(6,7)8)16(12-19)17(21)14(3)4/h13-14,16H,5,9-12H2,1-4,6-8H3/t16-/m0/s1. The van der Waals surface area contributed by atoms with Crippen molar-refractivity contribution in [3.05, 3.63) is 12.3 Å². The number of hydrogen-bond donors (Lipinski definition) is 0. The third-order valence-corrected chi connectivity index (χ3v) is 4.23. The van der Waals surface area contributed by atoms with E-state index in [0.717, 1.165) is 26.1 Å². The molecule has 0 amide bonds. The monoisotopic (exact) mass is 294 g/mol. The number of rotatable bonds is 5. The smallest absolute Gasteiger partial charge is 0.154 e. The van der Waals surface area contributed by atoms with Crippen molar-refractivity contribution in [3.63, 3.8) is 0 Å². The lowest BCUT2D eigenvalue weighted by atomic mass is 9.92. The molecule has 1 aliphatic heterocycles. The Balaban J connectivity index is 2.89. The number of carbonyl (C=O) groups excluding carboxylic acids is 1. The molecule has 1 heterocycles. The van der Waals surface area contributed by atoms with E-state index < -0.39 is 0 Å². The number of allylic oxidation sites excluding steroid dienone is 1. The summed E-state index contributed by atoms with van der Waals surface area (Å²) in [5.74, 6) is 1.04. The van der Waals surface area contributed by atoms with Crippen LogP contribution in [-0.2, 0) is 4.79 Å². The molecule has 1 rings (SSSR count). The fourth-order valence-electron chi connectivity index (χ4n) is 3.10. The molecular formula is C18H34N2O. The van der Waals surface area contributed by atoms with Crippen molar-refractivity contribution in [2.75, 3.05) is 19.6 Å². The van der Waals surface area contributed by atoms with E-state index in [1.54, 1.807) is 0 Å². The first-order valence-electron chi connectivity index (χ1n) is 8.27. The van der Waals surface area contributed by atoms with Crippen molar-refractivity contribution in [3.8, 4) is 0 Å². The molecule has 3 heteroatoms. The highest BCUT2D eigenvalue weighted by Gasteiger charge is 2.38. The van der Waals surface area contributed by atoms with Crippen molar-refractivity contribution in [2.45, 2.75) is 66.5 Å². The quantitative estimate of drug-likeness (QED) is 0.774. The maximum atomic E-state index is 12.6. The van der Waals surface area contributed by atoms with Crippen LogP contribution >= 0.6 is 0 Å². The van der Waals surface area contributed by atoms with Crippen LogP contribution in [0.1, 0.15) is 54.9 Å². The number of carbonyl (C=O) groups is 1. The lowest BCUT2D eigenvalue weighted by Crippen LogP contribution is -2.62. The van der Waals surface area contributed by atoms with Crippen molar-refractivity contribution in [1.82, 2.24) is 9.80 Å². The van der Waals surface area contributed by atoms with E-state index in [9.17, 15) is 4.79 Å². The minimum atomic E-state index is -0.0114. The molecule has 1 fully saturated rings. The van der Waals surface area contributed by atoms with Gasteiger partial charge in [0.05, 0.1) is 6.04 Å². The molecule has 0 unspecified atom stereocenters. The molecule has 21 heavy (non-hydrogen) atoms. The number of hydrogen-bond acceptors (Lipinski definition) is 3. The molecular weight excluding hydrogens is 260 g/mol. The molecule has 1 saturated heterocycles. The second-order valence-electron chi connectivity index (χ2n) is 8.05. The van der Waals surface area contributed by atoms with Gasteiger partial charge in [0.15, 0.2) is 5.78 Å². The van der Waals surface area contributed by atoms with Gasteiger partial charge in [-0.15, -0.1) is 0 Å². The summed E-state index contributed by atoms with van der Waals surface area (Å²) in [6, 6.07) is -0.0114. The molecule has 0 aromatic rings. The number of piperazine rings is 1. The molecule has 1 atom stereocenters. The van der Waals surface area contributed by atoms with E-state index >= 15 is 0 Å². The van der Waals surface area contributed by atoms with Crippen LogP contribution in [0, 0.1) is 11.8 Å². The maximum Gasteiger partial charge on any atom is 0.154 e. The zero-order valence-electron chi connectivity index (χ0n) is 15.1. The van der Waals surface area contributed by atoms with Crippen LogP contribution in [0.25, 0.3) is 0 Å². The van der Waals surface area contributed by atoms with Gasteiger partial charge in [-0.2, -0.15) is 0 Å². The van der Waals surface area contributed by atoms with E-state index in [2.05, 4.69) is 51.0 Å². The first kappa shape index (κ1) is 18.2. The van der Waals surface area contributed by atoms with E-state index in [0.29, 0.717) is 11.7 Å². The zero-order valence-corrected chi connectivity index (χ0v) is 15.1. The molecule has 0 aromatic heterocycles. The highest BCUT2D eigenvalue weighted by Crippen LogP contribution is 2.26. The minimum absolute atomic E-state index is 0.0114. The summed E-state index contributed by atoms with van der Waals surface area (Å²) in [7, 11) is 0. The molecule has 122 valence electrons. The molecule has 3 nitrogen and oxygen atoms in total. The van der Waals surface area contributed by atoms with E-state index in [4.69, 9.17) is 0 Å². The SMILES string of the molecule is C=C(CC(C)C)N1CCN(C(C)(C)C)[C@H](C(=O)C(C)C)C1. The maximum absolute atomic E-state index is 12.6. The Kier molecular flexibility index (Phi) is 6.03. The van der Waals surface area contributed by atoms with Gasteiger partial charge in [0.1, 0.15) is 0 Å². The first-order valence-corrected chi connectivity index (χ1v) is 8.27. The fourth-order valence-corrected chi connectivity index (χ4v) is 3.10. The molecule has 0 bridgehead atoms. The van der Waals surface area contributed by atoms with Crippen molar-refractivity contribution in [2.24, 2.45) is 11.8 Å². The minimum Gasteiger partial charge on any atom is -0.372 e. The summed E-state index contributed by atoms with van der Waals surface area (Å²) in [6.45, 7) is 22.0. The molecule has 0 spiro atoms. The first-order chi connectivity index (χ1) is 9.54. The Bertz CT molecular complexity index is 379. The summed E-state index contributed by atoms with van der Waals surface area (Å²) < 4.78 is 0. The van der Waals surface area contributed by atoms with Crippen LogP contribution in [-0.4, -0.2) is 46.8 Å². The fraction of sp³-hybridized carbons (Fsp3) is 0.833. The second-order valence-corrected chi connectivity index (χ2v) is 8.05. The summed E-state index contributed by atoms with van der Waals surface area (Å²) in [5, 5.41) is 0. The van der Waals surface area contributed by atoms with Gasteiger partial charge in [-0.3, -0.25) is 9.69 Å². The van der Waals surface area contributed by atoms with Crippen molar-refractivity contribution in [1.29, 1.82) is 0 Å². The summed E-state index contributed by atoms with van der Waals surface area (Å²) in [4.78, 5) is 17.3. The zero-order chi connectivity index (χ0) is 16.4. The van der Waals surface area contributed by atoms with Gasteiger partial charge in [-0.25, -0.2) is 0 Å².